The van der Waals surface area contributed by atoms with Crippen molar-refractivity contribution in [2.75, 3.05) is 18.5 Å². The van der Waals surface area contributed by atoms with Crippen molar-refractivity contribution in [1.82, 2.24) is 5.32 Å². The van der Waals surface area contributed by atoms with Crippen molar-refractivity contribution in [3.8, 4) is 5.75 Å². The fourth-order valence-electron chi connectivity index (χ4n) is 1.94. The number of nitrogens with one attached hydrogen (secondary N) is 2. The molecule has 0 fully saturated rings. The second kappa shape index (κ2) is 7.83. The lowest BCUT2D eigenvalue weighted by Crippen LogP contribution is -2.32. The van der Waals surface area contributed by atoms with Crippen LogP contribution in [0.15, 0.2) is 36.4 Å². The minimum Gasteiger partial charge on any atom is -0.491 e. The summed E-state index contributed by atoms with van der Waals surface area (Å²) in [5, 5.41) is 5.19. The Kier molecular flexibility index (Phi) is 5.82. The van der Waals surface area contributed by atoms with E-state index in [1.165, 1.54) is 18.2 Å². The summed E-state index contributed by atoms with van der Waals surface area (Å²) in [7, 11) is 0. The van der Waals surface area contributed by atoms with E-state index in [2.05, 4.69) is 10.6 Å². The number of anilines is 1. The maximum Gasteiger partial charge on any atom is 0.319 e. The van der Waals surface area contributed by atoms with Crippen LogP contribution in [0, 0.1) is 19.7 Å². The average Bonchev–Trinajstić information content (AvgIpc) is 2.51. The molecule has 2 N–H and O–H groups in total. The molecular weight excluding hydrogens is 319 g/mol. The Morgan fingerprint density at radius 1 is 1.22 bits per heavy atom. The van der Waals surface area contributed by atoms with E-state index in [1.54, 1.807) is 0 Å². The van der Waals surface area contributed by atoms with Gasteiger partial charge >= 0.3 is 6.03 Å². The summed E-state index contributed by atoms with van der Waals surface area (Å²) in [5.74, 6) is 0.275. The van der Waals surface area contributed by atoms with Gasteiger partial charge in [0.05, 0.1) is 11.6 Å². The third-order valence-electron chi connectivity index (χ3n) is 3.17. The number of benzene rings is 2. The number of urea groups is 1. The Bertz CT molecular complexity index is 707. The number of carbonyl (C=O) groups is 1. The molecule has 2 aromatic carbocycles. The largest absolute Gasteiger partial charge is 0.491 e. The number of hydrogen-bond acceptors (Lipinski definition) is 2. The molecular formula is C17H18ClFN2O2. The normalized spacial score (nSPS) is 10.3. The maximum absolute atomic E-state index is 13.0. The van der Waals surface area contributed by atoms with Crippen LogP contribution >= 0.6 is 11.6 Å². The van der Waals surface area contributed by atoms with Crippen LogP contribution in [0.3, 0.4) is 0 Å². The quantitative estimate of drug-likeness (QED) is 0.800. The summed E-state index contributed by atoms with van der Waals surface area (Å²) in [4.78, 5) is 11.7. The molecule has 0 bridgehead atoms. The van der Waals surface area contributed by atoms with Crippen molar-refractivity contribution in [3.63, 3.8) is 0 Å². The number of hydrogen-bond donors (Lipinski definition) is 2. The summed E-state index contributed by atoms with van der Waals surface area (Å²) < 4.78 is 18.7. The Balaban J connectivity index is 1.76. The second-order valence-corrected chi connectivity index (χ2v) is 5.53. The monoisotopic (exact) mass is 336 g/mol. The highest BCUT2D eigenvalue weighted by atomic mass is 35.5. The first kappa shape index (κ1) is 17.1. The number of halogens is 2. The van der Waals surface area contributed by atoms with Gasteiger partial charge in [-0.3, -0.25) is 0 Å². The molecule has 0 aliphatic carbocycles. The molecule has 0 saturated carbocycles. The van der Waals surface area contributed by atoms with E-state index in [9.17, 15) is 9.18 Å². The van der Waals surface area contributed by atoms with Gasteiger partial charge in [0.2, 0.25) is 0 Å². The Morgan fingerprint density at radius 3 is 2.74 bits per heavy atom. The number of aryl methyl sites for hydroxylation is 2. The third-order valence-corrected chi connectivity index (χ3v) is 3.46. The average molecular weight is 337 g/mol. The smallest absolute Gasteiger partial charge is 0.319 e. The van der Waals surface area contributed by atoms with Crippen LogP contribution in [-0.4, -0.2) is 19.2 Å². The van der Waals surface area contributed by atoms with Crippen LogP contribution in [0.25, 0.3) is 0 Å². The van der Waals surface area contributed by atoms with Gasteiger partial charge in [-0.2, -0.15) is 0 Å². The molecule has 2 aromatic rings. The van der Waals surface area contributed by atoms with Gasteiger partial charge in [0.15, 0.2) is 0 Å². The Labute approximate surface area is 139 Å². The molecule has 6 heteroatoms. The van der Waals surface area contributed by atoms with Gasteiger partial charge in [0.1, 0.15) is 18.2 Å². The lowest BCUT2D eigenvalue weighted by molar-refractivity contribution is 0.247. The topological polar surface area (TPSA) is 50.4 Å². The molecule has 122 valence electrons. The number of carbonyl (C=O) groups excluding carboxylic acids is 1. The molecule has 2 rings (SSSR count). The molecule has 0 aromatic heterocycles. The minimum atomic E-state index is -0.528. The van der Waals surface area contributed by atoms with Gasteiger partial charge in [0, 0.05) is 5.69 Å². The molecule has 23 heavy (non-hydrogen) atoms. The van der Waals surface area contributed by atoms with Crippen molar-refractivity contribution in [2.45, 2.75) is 13.8 Å². The SMILES string of the molecule is Cc1ccc(C)c(OCCNC(=O)Nc2ccc(F)c(Cl)c2)c1. The van der Waals surface area contributed by atoms with Crippen molar-refractivity contribution in [3.05, 3.63) is 58.4 Å². The van der Waals surface area contributed by atoms with Crippen LogP contribution < -0.4 is 15.4 Å². The first-order valence-electron chi connectivity index (χ1n) is 7.15. The van der Waals surface area contributed by atoms with E-state index in [1.807, 2.05) is 32.0 Å². The number of rotatable bonds is 5. The summed E-state index contributed by atoms with van der Waals surface area (Å²) in [6, 6.07) is 9.54. The Morgan fingerprint density at radius 2 is 2.00 bits per heavy atom. The molecule has 0 aliphatic heterocycles. The van der Waals surface area contributed by atoms with Crippen molar-refractivity contribution >= 4 is 23.3 Å². The van der Waals surface area contributed by atoms with Gasteiger partial charge in [-0.15, -0.1) is 0 Å². The van der Waals surface area contributed by atoms with E-state index in [0.29, 0.717) is 18.8 Å². The minimum absolute atomic E-state index is 0.0407. The third kappa shape index (κ3) is 5.14. The fraction of sp³-hybridized carbons (Fsp3) is 0.235. The molecule has 0 radical (unpaired) electrons. The predicted octanol–water partition coefficient (Wildman–Crippen LogP) is 4.30. The van der Waals surface area contributed by atoms with Crippen LogP contribution in [0.4, 0.5) is 14.9 Å². The summed E-state index contributed by atoms with van der Waals surface area (Å²) >= 11 is 5.65. The highest BCUT2D eigenvalue weighted by Crippen LogP contribution is 2.19. The van der Waals surface area contributed by atoms with E-state index < -0.39 is 11.8 Å². The second-order valence-electron chi connectivity index (χ2n) is 5.13. The van der Waals surface area contributed by atoms with Gasteiger partial charge in [0.25, 0.3) is 0 Å². The van der Waals surface area contributed by atoms with Crippen LogP contribution in [-0.2, 0) is 0 Å². The highest BCUT2D eigenvalue weighted by molar-refractivity contribution is 6.31. The van der Waals surface area contributed by atoms with Gasteiger partial charge < -0.3 is 15.4 Å². The standard InChI is InChI=1S/C17H18ClFN2O2/c1-11-3-4-12(2)16(9-11)23-8-7-20-17(22)21-13-5-6-15(19)14(18)10-13/h3-6,9-10H,7-8H2,1-2H3,(H2,20,21,22). The van der Waals surface area contributed by atoms with Crippen LogP contribution in [0.2, 0.25) is 5.02 Å². The van der Waals surface area contributed by atoms with E-state index >= 15 is 0 Å². The van der Waals surface area contributed by atoms with Gasteiger partial charge in [-0.25, -0.2) is 9.18 Å². The van der Waals surface area contributed by atoms with Crippen LogP contribution in [0.5, 0.6) is 5.75 Å². The molecule has 0 saturated heterocycles. The first-order valence-corrected chi connectivity index (χ1v) is 7.53. The van der Waals surface area contributed by atoms with Crippen LogP contribution in [0.1, 0.15) is 11.1 Å². The molecule has 2 amide bonds. The molecule has 0 spiro atoms. The van der Waals surface area contributed by atoms with Crippen molar-refractivity contribution < 1.29 is 13.9 Å². The lowest BCUT2D eigenvalue weighted by atomic mass is 10.1. The zero-order valence-corrected chi connectivity index (χ0v) is 13.7. The number of amides is 2. The van der Waals surface area contributed by atoms with E-state index in [4.69, 9.17) is 16.3 Å². The molecule has 0 unspecified atom stereocenters. The van der Waals surface area contributed by atoms with E-state index in [-0.39, 0.29) is 5.02 Å². The Hall–Kier alpha value is -2.27. The summed E-state index contributed by atoms with van der Waals surface area (Å²) in [6.07, 6.45) is 0. The lowest BCUT2D eigenvalue weighted by Gasteiger charge is -2.11. The number of ether oxygens (including phenoxy) is 1. The van der Waals surface area contributed by atoms with E-state index in [0.717, 1.165) is 16.9 Å². The summed E-state index contributed by atoms with van der Waals surface area (Å²) in [5.41, 5.74) is 2.58. The highest BCUT2D eigenvalue weighted by Gasteiger charge is 2.05. The maximum atomic E-state index is 13.0. The zero-order valence-electron chi connectivity index (χ0n) is 13.0. The van der Waals surface area contributed by atoms with Crippen molar-refractivity contribution in [2.24, 2.45) is 0 Å². The van der Waals surface area contributed by atoms with Gasteiger partial charge in [-0.1, -0.05) is 23.7 Å². The molecule has 4 nitrogen and oxygen atoms in total. The predicted molar refractivity (Wildman–Crippen MR) is 89.8 cm³/mol. The summed E-state index contributed by atoms with van der Waals surface area (Å²) in [6.45, 7) is 4.65. The fourth-order valence-corrected chi connectivity index (χ4v) is 2.12. The molecule has 0 heterocycles. The zero-order chi connectivity index (χ0) is 16.8. The van der Waals surface area contributed by atoms with Gasteiger partial charge in [-0.05, 0) is 49.2 Å². The van der Waals surface area contributed by atoms with Crippen molar-refractivity contribution in [1.29, 1.82) is 0 Å². The molecule has 0 atom stereocenters. The first-order chi connectivity index (χ1) is 11.0. The molecule has 0 aliphatic rings.